The van der Waals surface area contributed by atoms with Crippen molar-refractivity contribution in [2.24, 2.45) is 29.6 Å². The van der Waals surface area contributed by atoms with E-state index in [-0.39, 0.29) is 33.8 Å². The molecule has 4 aromatic rings. The van der Waals surface area contributed by atoms with Gasteiger partial charge in [-0.2, -0.15) is 13.2 Å². The Balaban J connectivity index is 1.19. The Labute approximate surface area is 251 Å². The maximum absolute atomic E-state index is 13.9. The van der Waals surface area contributed by atoms with Crippen molar-refractivity contribution in [2.75, 3.05) is 4.90 Å². The van der Waals surface area contributed by atoms with Gasteiger partial charge in [0.2, 0.25) is 11.8 Å². The Kier molecular flexibility index (Phi) is 5.97. The number of hydrogen-bond donors (Lipinski definition) is 1. The first-order valence-electron chi connectivity index (χ1n) is 14.0. The molecule has 3 fully saturated rings. The first-order valence-corrected chi connectivity index (χ1v) is 15.7. The van der Waals surface area contributed by atoms with Crippen LogP contribution in [0.15, 0.2) is 88.7 Å². The van der Waals surface area contributed by atoms with Gasteiger partial charge in [-0.15, -0.1) is 11.8 Å². The Morgan fingerprint density at radius 3 is 2.30 bits per heavy atom. The summed E-state index contributed by atoms with van der Waals surface area (Å²) in [6.45, 7) is 0. The highest BCUT2D eigenvalue weighted by atomic mass is 32.2. The number of aromatic nitrogens is 1. The smallest absolute Gasteiger partial charge is 0.418 e. The summed E-state index contributed by atoms with van der Waals surface area (Å²) in [4.78, 5) is 44.8. The normalized spacial score (nSPS) is 29.0. The van der Waals surface area contributed by atoms with Crippen LogP contribution in [-0.4, -0.2) is 22.0 Å². The molecule has 2 saturated carbocycles. The van der Waals surface area contributed by atoms with Crippen LogP contribution in [0, 0.1) is 29.6 Å². The fourth-order valence-corrected chi connectivity index (χ4v) is 10.8. The van der Waals surface area contributed by atoms with Gasteiger partial charge >= 0.3 is 11.0 Å². The number of fused-ring (bicyclic) bond motifs is 9. The van der Waals surface area contributed by atoms with E-state index in [1.807, 2.05) is 54.6 Å². The number of carbonyl (C=O) groups is 2. The molecule has 11 heteroatoms. The monoisotopic (exact) mass is 620 g/mol. The fraction of sp³-hybridized carbons (Fsp3) is 0.281. The summed E-state index contributed by atoms with van der Waals surface area (Å²) < 4.78 is 47.9. The summed E-state index contributed by atoms with van der Waals surface area (Å²) in [6.07, 6.45) is -4.07. The lowest BCUT2D eigenvalue weighted by Crippen LogP contribution is -2.42. The van der Waals surface area contributed by atoms with Crippen LogP contribution in [0.4, 0.5) is 18.9 Å². The number of halogens is 3. The second kappa shape index (κ2) is 9.59. The lowest BCUT2D eigenvalue weighted by molar-refractivity contribution is -0.137. The topological polar surface area (TPSA) is 79.5 Å². The first-order chi connectivity index (χ1) is 20.7. The van der Waals surface area contributed by atoms with E-state index in [1.54, 1.807) is 0 Å². The molecule has 1 saturated heterocycles. The van der Waals surface area contributed by atoms with Gasteiger partial charge in [-0.3, -0.25) is 14.4 Å². The molecule has 43 heavy (non-hydrogen) atoms. The molecule has 0 radical (unpaired) electrons. The van der Waals surface area contributed by atoms with Crippen LogP contribution < -0.4 is 14.5 Å². The van der Waals surface area contributed by atoms with Crippen molar-refractivity contribution < 1.29 is 27.5 Å². The van der Waals surface area contributed by atoms with Gasteiger partial charge in [0, 0.05) is 16.0 Å². The number of alkyl halides is 3. The number of ether oxygens (including phenoxy) is 1. The maximum Gasteiger partial charge on any atom is 0.418 e. The molecule has 0 spiro atoms. The van der Waals surface area contributed by atoms with E-state index < -0.39 is 41.1 Å². The maximum atomic E-state index is 13.9. The number of H-pyrrole nitrogens is 1. The van der Waals surface area contributed by atoms with Gasteiger partial charge in [-0.25, -0.2) is 4.90 Å². The molecule has 218 valence electrons. The SMILES string of the molecule is O=C1C2C(C(=O)N1c1ccccc1C(F)(F)F)[C@@H]1C[C@H]2C2Sc3[nH]c(=O)sc3C(c3cccc(Oc4ccccc4)c3)C21. The van der Waals surface area contributed by atoms with E-state index >= 15 is 0 Å². The minimum atomic E-state index is -4.71. The van der Waals surface area contributed by atoms with E-state index in [4.69, 9.17) is 4.74 Å². The Morgan fingerprint density at radius 2 is 1.53 bits per heavy atom. The molecule has 6 nitrogen and oxygen atoms in total. The van der Waals surface area contributed by atoms with Gasteiger partial charge in [0.25, 0.3) is 0 Å². The molecule has 8 rings (SSSR count). The third-order valence-electron chi connectivity index (χ3n) is 9.37. The van der Waals surface area contributed by atoms with Crippen LogP contribution in [0.5, 0.6) is 11.5 Å². The highest BCUT2D eigenvalue weighted by Crippen LogP contribution is 2.69. The number of nitrogens with one attached hydrogen (secondary N) is 1. The number of benzene rings is 3. The van der Waals surface area contributed by atoms with Gasteiger partial charge in [0.05, 0.1) is 28.1 Å². The molecular formula is C32H23F3N2O4S2. The van der Waals surface area contributed by atoms with E-state index in [9.17, 15) is 27.6 Å². The summed E-state index contributed by atoms with van der Waals surface area (Å²) in [5.74, 6) is -1.94. The molecule has 2 amide bonds. The number of anilines is 1. The molecule has 1 N–H and O–H groups in total. The molecule has 2 aliphatic carbocycles. The number of thiazole rings is 1. The van der Waals surface area contributed by atoms with Crippen LogP contribution in [0.1, 0.15) is 28.3 Å². The number of thioether (sulfide) groups is 1. The van der Waals surface area contributed by atoms with Crippen molar-refractivity contribution in [3.8, 4) is 11.5 Å². The average molecular weight is 621 g/mol. The molecule has 2 aliphatic heterocycles. The standard InChI is InChI=1S/C32H23F3N2O4S2/c33-32(34,35)20-11-4-5-12-21(20)37-29(38)24-18-14-19(25(24)30(37)39)26-23(18)22(27-28(42-26)36-31(40)43-27)15-7-6-10-17(13-15)41-16-8-2-1-3-9-16/h1-13,18-19,22-26H,14H2,(H,36,40)/t18-,19-,22?,23?,24?,25?,26?/m1/s1. The van der Waals surface area contributed by atoms with Gasteiger partial charge in [0.15, 0.2) is 0 Å². The number of rotatable bonds is 4. The van der Waals surface area contributed by atoms with Crippen molar-refractivity contribution in [3.05, 3.63) is 105 Å². The zero-order chi connectivity index (χ0) is 29.6. The van der Waals surface area contributed by atoms with Crippen LogP contribution >= 0.6 is 23.1 Å². The molecule has 3 heterocycles. The number of hydrogen-bond acceptors (Lipinski definition) is 6. The first kappa shape index (κ1) is 26.8. The molecule has 3 aromatic carbocycles. The Morgan fingerprint density at radius 1 is 0.837 bits per heavy atom. The lowest BCUT2D eigenvalue weighted by Gasteiger charge is -2.43. The number of imide groups is 1. The highest BCUT2D eigenvalue weighted by molar-refractivity contribution is 8.00. The molecule has 7 atom stereocenters. The fourth-order valence-electron chi connectivity index (χ4n) is 7.93. The molecule has 2 bridgehead atoms. The van der Waals surface area contributed by atoms with Crippen LogP contribution in [0.25, 0.3) is 0 Å². The van der Waals surface area contributed by atoms with E-state index in [1.165, 1.54) is 30.0 Å². The summed E-state index contributed by atoms with van der Waals surface area (Å²) in [7, 11) is 0. The van der Waals surface area contributed by atoms with E-state index in [0.717, 1.165) is 37.8 Å². The van der Waals surface area contributed by atoms with Crippen LogP contribution in [0.3, 0.4) is 0 Å². The van der Waals surface area contributed by atoms with Crippen LogP contribution in [0.2, 0.25) is 0 Å². The molecular weight excluding hydrogens is 597 g/mol. The summed E-state index contributed by atoms with van der Waals surface area (Å²) in [5.41, 5.74) is -0.468. The quantitative estimate of drug-likeness (QED) is 0.251. The second-order valence-corrected chi connectivity index (χ2v) is 13.7. The Bertz CT molecular complexity index is 1840. The zero-order valence-corrected chi connectivity index (χ0v) is 23.9. The van der Waals surface area contributed by atoms with Gasteiger partial charge < -0.3 is 9.72 Å². The number of carbonyl (C=O) groups excluding carboxylic acids is 2. The van der Waals surface area contributed by atoms with Crippen molar-refractivity contribution >= 4 is 40.6 Å². The second-order valence-electron chi connectivity index (χ2n) is 11.5. The molecule has 4 aliphatic rings. The summed E-state index contributed by atoms with van der Waals surface area (Å²) >= 11 is 2.68. The van der Waals surface area contributed by atoms with Crippen molar-refractivity contribution in [1.82, 2.24) is 4.98 Å². The summed E-state index contributed by atoms with van der Waals surface area (Å²) in [6, 6.07) is 21.9. The van der Waals surface area contributed by atoms with Gasteiger partial charge in [0.1, 0.15) is 11.5 Å². The van der Waals surface area contributed by atoms with Gasteiger partial charge in [-0.05, 0) is 66.1 Å². The average Bonchev–Trinajstić information content (AvgIpc) is 3.72. The van der Waals surface area contributed by atoms with Gasteiger partial charge in [-0.1, -0.05) is 53.8 Å². The number of para-hydroxylation sites is 2. The highest BCUT2D eigenvalue weighted by Gasteiger charge is 2.70. The minimum Gasteiger partial charge on any atom is -0.457 e. The number of aromatic amines is 1. The van der Waals surface area contributed by atoms with Crippen molar-refractivity contribution in [2.45, 2.75) is 28.8 Å². The third-order valence-corrected chi connectivity index (χ3v) is 12.0. The minimum absolute atomic E-state index is 0.0812. The lowest BCUT2D eigenvalue weighted by atomic mass is 9.68. The van der Waals surface area contributed by atoms with Crippen LogP contribution in [-0.2, 0) is 15.8 Å². The van der Waals surface area contributed by atoms with E-state index in [0.29, 0.717) is 17.9 Å². The number of amides is 2. The Hall–Kier alpha value is -3.83. The largest absolute Gasteiger partial charge is 0.457 e. The third kappa shape index (κ3) is 4.04. The van der Waals surface area contributed by atoms with Crippen molar-refractivity contribution in [3.63, 3.8) is 0 Å². The molecule has 1 aromatic heterocycles. The van der Waals surface area contributed by atoms with E-state index in [2.05, 4.69) is 4.98 Å². The summed E-state index contributed by atoms with van der Waals surface area (Å²) in [5, 5.41) is 0.679. The number of nitrogens with zero attached hydrogens (tertiary/aromatic N) is 1. The zero-order valence-electron chi connectivity index (χ0n) is 22.3. The predicted molar refractivity (Wildman–Crippen MR) is 155 cm³/mol. The predicted octanol–water partition coefficient (Wildman–Crippen LogP) is 6.93. The molecule has 5 unspecified atom stereocenters. The van der Waals surface area contributed by atoms with Crippen molar-refractivity contribution in [1.29, 1.82) is 0 Å².